The van der Waals surface area contributed by atoms with Gasteiger partial charge in [-0.2, -0.15) is 4.99 Å². The lowest BCUT2D eigenvalue weighted by Crippen LogP contribution is -2.01. The predicted octanol–water partition coefficient (Wildman–Crippen LogP) is 2.56. The molecule has 2 aromatic rings. The van der Waals surface area contributed by atoms with E-state index >= 15 is 0 Å². The van der Waals surface area contributed by atoms with E-state index in [1.807, 2.05) is 30.3 Å². The highest BCUT2D eigenvalue weighted by molar-refractivity contribution is 5.79. The molecule has 0 amide bonds. The number of aliphatic imine (C=N–C) groups is 1. The van der Waals surface area contributed by atoms with Gasteiger partial charge in [0.25, 0.3) is 0 Å². The normalized spacial score (nSPS) is 16.8. The molecule has 0 spiro atoms. The maximum atomic E-state index is 10.4. The Hall–Kier alpha value is -1.99. The number of pyridine rings is 1. The lowest BCUT2D eigenvalue weighted by atomic mass is 10.0. The van der Waals surface area contributed by atoms with Crippen LogP contribution in [0.15, 0.2) is 41.5 Å². The topological polar surface area (TPSA) is 42.3 Å². The zero-order valence-corrected chi connectivity index (χ0v) is 8.68. The molecule has 1 heterocycles. The highest BCUT2D eigenvalue weighted by atomic mass is 16.1. The molecule has 16 heavy (non-hydrogen) atoms. The first-order valence-corrected chi connectivity index (χ1v) is 5.28. The van der Waals surface area contributed by atoms with Gasteiger partial charge in [0, 0.05) is 11.6 Å². The van der Waals surface area contributed by atoms with Gasteiger partial charge in [-0.25, -0.2) is 4.79 Å². The lowest BCUT2D eigenvalue weighted by Gasteiger charge is -2.08. The van der Waals surface area contributed by atoms with Crippen LogP contribution in [0.1, 0.15) is 18.4 Å². The summed E-state index contributed by atoms with van der Waals surface area (Å²) in [5.41, 5.74) is 1.72. The molecule has 3 heteroatoms. The van der Waals surface area contributed by atoms with Crippen LogP contribution in [0.5, 0.6) is 0 Å². The third-order valence-corrected chi connectivity index (χ3v) is 3.13. The van der Waals surface area contributed by atoms with Gasteiger partial charge in [-0.3, -0.25) is 4.98 Å². The van der Waals surface area contributed by atoms with Gasteiger partial charge in [-0.05, 0) is 30.5 Å². The van der Waals surface area contributed by atoms with Gasteiger partial charge in [0.1, 0.15) is 0 Å². The van der Waals surface area contributed by atoms with Crippen LogP contribution in [0.3, 0.4) is 0 Å². The Morgan fingerprint density at radius 1 is 1.31 bits per heavy atom. The molecule has 1 fully saturated rings. The fourth-order valence-electron chi connectivity index (χ4n) is 2.03. The van der Waals surface area contributed by atoms with Crippen LogP contribution in [0.25, 0.3) is 10.9 Å². The second kappa shape index (κ2) is 3.26. The maximum absolute atomic E-state index is 10.4. The lowest BCUT2D eigenvalue weighted by molar-refractivity contribution is 0.556. The van der Waals surface area contributed by atoms with Crippen LogP contribution >= 0.6 is 0 Å². The number of isocyanates is 1. The van der Waals surface area contributed by atoms with Crippen molar-refractivity contribution in [3.63, 3.8) is 0 Å². The summed E-state index contributed by atoms with van der Waals surface area (Å²) in [6, 6.07) is 10.0. The van der Waals surface area contributed by atoms with Crippen molar-refractivity contribution >= 4 is 17.0 Å². The quantitative estimate of drug-likeness (QED) is 0.564. The number of aromatic nitrogens is 1. The van der Waals surface area contributed by atoms with Crippen molar-refractivity contribution in [2.45, 2.75) is 18.4 Å². The first-order valence-electron chi connectivity index (χ1n) is 5.28. The third-order valence-electron chi connectivity index (χ3n) is 3.13. The number of carbonyl (C=O) groups excluding carboxylic acids is 1. The van der Waals surface area contributed by atoms with Gasteiger partial charge in [0.05, 0.1) is 11.1 Å². The van der Waals surface area contributed by atoms with Gasteiger partial charge in [-0.1, -0.05) is 18.2 Å². The van der Waals surface area contributed by atoms with E-state index in [4.69, 9.17) is 0 Å². The molecular weight excluding hydrogens is 200 g/mol. The molecule has 0 atom stereocenters. The number of hydrogen-bond donors (Lipinski definition) is 0. The summed E-state index contributed by atoms with van der Waals surface area (Å²) in [5.74, 6) is 0. The SMILES string of the molecule is O=C=NC1(c2ccc3cccnc3c2)CC1. The number of benzene rings is 1. The van der Waals surface area contributed by atoms with E-state index < -0.39 is 0 Å². The Labute approximate surface area is 92.8 Å². The van der Waals surface area contributed by atoms with Crippen LogP contribution in [-0.2, 0) is 10.3 Å². The first kappa shape index (κ1) is 9.25. The van der Waals surface area contributed by atoms with Crippen molar-refractivity contribution in [1.29, 1.82) is 0 Å². The highest BCUT2D eigenvalue weighted by Gasteiger charge is 2.44. The summed E-state index contributed by atoms with van der Waals surface area (Å²) < 4.78 is 0. The van der Waals surface area contributed by atoms with E-state index in [0.717, 1.165) is 29.3 Å². The Morgan fingerprint density at radius 3 is 2.94 bits per heavy atom. The van der Waals surface area contributed by atoms with Crippen LogP contribution in [0.2, 0.25) is 0 Å². The van der Waals surface area contributed by atoms with E-state index in [0.29, 0.717) is 0 Å². The molecule has 0 unspecified atom stereocenters. The van der Waals surface area contributed by atoms with Gasteiger partial charge in [0.2, 0.25) is 6.08 Å². The van der Waals surface area contributed by atoms with Gasteiger partial charge in [0.15, 0.2) is 0 Å². The molecule has 78 valence electrons. The molecule has 1 saturated carbocycles. The summed E-state index contributed by atoms with van der Waals surface area (Å²) >= 11 is 0. The summed E-state index contributed by atoms with van der Waals surface area (Å²) in [6.45, 7) is 0. The minimum atomic E-state index is -0.298. The van der Waals surface area contributed by atoms with E-state index in [9.17, 15) is 4.79 Å². The second-order valence-corrected chi connectivity index (χ2v) is 4.15. The zero-order valence-electron chi connectivity index (χ0n) is 8.68. The van der Waals surface area contributed by atoms with E-state index in [2.05, 4.69) is 9.98 Å². The van der Waals surface area contributed by atoms with Gasteiger partial charge < -0.3 is 0 Å². The predicted molar refractivity (Wildman–Crippen MR) is 60.8 cm³/mol. The van der Waals surface area contributed by atoms with E-state index in [-0.39, 0.29) is 5.54 Å². The number of fused-ring (bicyclic) bond motifs is 1. The Balaban J connectivity index is 2.15. The molecule has 0 radical (unpaired) electrons. The van der Waals surface area contributed by atoms with E-state index in [1.165, 1.54) is 0 Å². The number of hydrogen-bond acceptors (Lipinski definition) is 3. The fraction of sp³-hybridized carbons (Fsp3) is 0.231. The second-order valence-electron chi connectivity index (χ2n) is 4.15. The molecule has 3 nitrogen and oxygen atoms in total. The molecule has 0 bridgehead atoms. The third kappa shape index (κ3) is 1.34. The smallest absolute Gasteiger partial charge is 0.235 e. The van der Waals surface area contributed by atoms with Crippen LogP contribution < -0.4 is 0 Å². The standard InChI is InChI=1S/C13H10N2O/c16-9-15-13(5-6-13)11-4-3-10-2-1-7-14-12(10)8-11/h1-4,7-8H,5-6H2. The first-order chi connectivity index (χ1) is 7.84. The minimum Gasteiger partial charge on any atom is -0.256 e. The monoisotopic (exact) mass is 210 g/mol. The van der Waals surface area contributed by atoms with Crippen LogP contribution in [-0.4, -0.2) is 11.1 Å². The Kier molecular flexibility index (Phi) is 1.88. The average molecular weight is 210 g/mol. The summed E-state index contributed by atoms with van der Waals surface area (Å²) in [4.78, 5) is 18.6. The summed E-state index contributed by atoms with van der Waals surface area (Å²) in [6.07, 6.45) is 5.31. The van der Waals surface area contributed by atoms with Crippen molar-refractivity contribution in [2.75, 3.05) is 0 Å². The largest absolute Gasteiger partial charge is 0.256 e. The summed E-state index contributed by atoms with van der Waals surface area (Å²) in [5, 5.41) is 1.11. The van der Waals surface area contributed by atoms with E-state index in [1.54, 1.807) is 12.3 Å². The van der Waals surface area contributed by atoms with Crippen LogP contribution in [0.4, 0.5) is 0 Å². The van der Waals surface area contributed by atoms with Crippen molar-refractivity contribution in [3.8, 4) is 0 Å². The number of nitrogens with zero attached hydrogens (tertiary/aromatic N) is 2. The maximum Gasteiger partial charge on any atom is 0.235 e. The average Bonchev–Trinajstić information content (AvgIpc) is 3.10. The highest BCUT2D eigenvalue weighted by Crippen LogP contribution is 2.49. The van der Waals surface area contributed by atoms with Crippen molar-refractivity contribution in [2.24, 2.45) is 4.99 Å². The van der Waals surface area contributed by atoms with Gasteiger partial charge in [-0.15, -0.1) is 0 Å². The van der Waals surface area contributed by atoms with Crippen molar-refractivity contribution in [1.82, 2.24) is 4.98 Å². The molecule has 1 aliphatic carbocycles. The summed E-state index contributed by atoms with van der Waals surface area (Å²) in [7, 11) is 0. The molecule has 0 N–H and O–H groups in total. The minimum absolute atomic E-state index is 0.298. The molecule has 1 aromatic heterocycles. The van der Waals surface area contributed by atoms with Gasteiger partial charge >= 0.3 is 0 Å². The molecule has 3 rings (SSSR count). The Morgan fingerprint density at radius 2 is 2.19 bits per heavy atom. The van der Waals surface area contributed by atoms with Crippen molar-refractivity contribution in [3.05, 3.63) is 42.1 Å². The molecule has 1 aromatic carbocycles. The molecular formula is C13H10N2O. The zero-order chi connectivity index (χ0) is 11.0. The van der Waals surface area contributed by atoms with Crippen molar-refractivity contribution < 1.29 is 4.79 Å². The Bertz CT molecular complexity index is 596. The molecule has 0 saturated heterocycles. The number of rotatable bonds is 2. The molecule has 0 aliphatic heterocycles. The fourth-order valence-corrected chi connectivity index (χ4v) is 2.03. The molecule has 1 aliphatic rings. The van der Waals surface area contributed by atoms with Crippen LogP contribution in [0, 0.1) is 0 Å².